The number of carbonyl (C=O) groups excluding carboxylic acids is 2. The highest BCUT2D eigenvalue weighted by Crippen LogP contribution is 2.46. The number of pyridine rings is 2. The lowest BCUT2D eigenvalue weighted by Gasteiger charge is -2.41. The zero-order valence-electron chi connectivity index (χ0n) is 18.9. The highest BCUT2D eigenvalue weighted by Gasteiger charge is 2.57. The van der Waals surface area contributed by atoms with Crippen LogP contribution in [-0.2, 0) is 9.59 Å². The molecule has 1 aromatic carbocycles. The number of aliphatic imine (C=N–C) groups is 1. The number of aromatic nitrogens is 2. The quantitative estimate of drug-likeness (QED) is 0.596. The van der Waals surface area contributed by atoms with Crippen LogP contribution in [0, 0.1) is 11.8 Å². The van der Waals surface area contributed by atoms with Crippen LogP contribution in [0.25, 0.3) is 22.3 Å². The maximum absolute atomic E-state index is 13.2. The lowest BCUT2D eigenvalue weighted by Crippen LogP contribution is -2.55. The van der Waals surface area contributed by atoms with Gasteiger partial charge in [0.2, 0.25) is 5.91 Å². The normalized spacial score (nSPS) is 21.2. The Labute approximate surface area is 197 Å². The molecule has 0 bridgehead atoms. The number of nitrogens with zero attached hydrogens (tertiary/aromatic N) is 5. The number of fused-ring (bicyclic) bond motifs is 1. The highest BCUT2D eigenvalue weighted by molar-refractivity contribution is 6.16. The van der Waals surface area contributed by atoms with Gasteiger partial charge in [-0.05, 0) is 49.9 Å². The number of hydrogen-bond acceptors (Lipinski definition) is 5. The van der Waals surface area contributed by atoms with Gasteiger partial charge in [0, 0.05) is 54.2 Å². The molecular formula is C27H25N5O2. The van der Waals surface area contributed by atoms with E-state index in [-0.39, 0.29) is 11.8 Å². The van der Waals surface area contributed by atoms with Gasteiger partial charge in [0.25, 0.3) is 5.91 Å². The van der Waals surface area contributed by atoms with Gasteiger partial charge in [0.15, 0.2) is 5.65 Å². The van der Waals surface area contributed by atoms with Gasteiger partial charge in [-0.1, -0.05) is 24.3 Å². The molecule has 1 saturated heterocycles. The summed E-state index contributed by atoms with van der Waals surface area (Å²) in [4.78, 5) is 43.3. The Morgan fingerprint density at radius 3 is 2.50 bits per heavy atom. The van der Waals surface area contributed by atoms with Crippen LogP contribution in [0.3, 0.4) is 0 Å². The maximum atomic E-state index is 13.2. The molecule has 2 saturated carbocycles. The van der Waals surface area contributed by atoms with Gasteiger partial charge < -0.3 is 4.90 Å². The van der Waals surface area contributed by atoms with Crippen molar-refractivity contribution in [2.75, 3.05) is 19.6 Å². The topological polar surface area (TPSA) is 78.8 Å². The molecule has 7 nitrogen and oxygen atoms in total. The van der Waals surface area contributed by atoms with Gasteiger partial charge in [-0.3, -0.25) is 19.5 Å². The summed E-state index contributed by atoms with van der Waals surface area (Å²) in [6, 6.07) is 16.1. The van der Waals surface area contributed by atoms with E-state index in [1.54, 1.807) is 6.20 Å². The van der Waals surface area contributed by atoms with Gasteiger partial charge in [-0.25, -0.2) is 9.97 Å². The monoisotopic (exact) mass is 451 g/mol. The van der Waals surface area contributed by atoms with Crippen molar-refractivity contribution in [3.05, 3.63) is 60.3 Å². The third-order valence-electron chi connectivity index (χ3n) is 7.48. The molecule has 2 amide bonds. The van der Waals surface area contributed by atoms with E-state index in [2.05, 4.69) is 4.98 Å². The molecule has 4 aliphatic rings. The van der Waals surface area contributed by atoms with E-state index in [1.807, 2.05) is 58.3 Å². The van der Waals surface area contributed by atoms with E-state index in [0.717, 1.165) is 72.5 Å². The number of likely N-dealkylation sites (tertiary alicyclic amines) is 1. The van der Waals surface area contributed by atoms with Crippen molar-refractivity contribution in [3.8, 4) is 11.3 Å². The molecule has 2 aliphatic carbocycles. The summed E-state index contributed by atoms with van der Waals surface area (Å²) in [5, 5.41) is 1.01. The molecule has 0 unspecified atom stereocenters. The molecule has 34 heavy (non-hydrogen) atoms. The summed E-state index contributed by atoms with van der Waals surface area (Å²) in [6.07, 6.45) is 5.48. The van der Waals surface area contributed by atoms with Gasteiger partial charge in [0.05, 0.1) is 5.69 Å². The van der Waals surface area contributed by atoms with Crippen LogP contribution in [0.4, 0.5) is 0 Å². The van der Waals surface area contributed by atoms with Crippen molar-refractivity contribution in [2.45, 2.75) is 31.2 Å². The molecular weight excluding hydrogens is 426 g/mol. The number of hydrogen-bond donors (Lipinski definition) is 0. The van der Waals surface area contributed by atoms with Crippen molar-refractivity contribution in [1.82, 2.24) is 19.8 Å². The zero-order valence-corrected chi connectivity index (χ0v) is 18.9. The van der Waals surface area contributed by atoms with Gasteiger partial charge in [-0.2, -0.15) is 0 Å². The fraction of sp³-hybridized carbons (Fsp3) is 0.370. The Hall–Kier alpha value is -3.61. The minimum absolute atomic E-state index is 0.126. The minimum atomic E-state index is -0.535. The average molecular weight is 452 g/mol. The van der Waals surface area contributed by atoms with Crippen LogP contribution in [-0.4, -0.2) is 62.6 Å². The first-order chi connectivity index (χ1) is 16.6. The summed E-state index contributed by atoms with van der Waals surface area (Å²) in [5.74, 6) is 1.77. The second kappa shape index (κ2) is 7.19. The van der Waals surface area contributed by atoms with E-state index < -0.39 is 5.54 Å². The maximum Gasteiger partial charge on any atom is 0.256 e. The van der Waals surface area contributed by atoms with E-state index in [0.29, 0.717) is 18.4 Å². The lowest BCUT2D eigenvalue weighted by molar-refractivity contribution is -0.139. The van der Waals surface area contributed by atoms with Crippen LogP contribution in [0.5, 0.6) is 0 Å². The molecule has 2 aromatic heterocycles. The Balaban J connectivity index is 1.11. The van der Waals surface area contributed by atoms with Crippen LogP contribution < -0.4 is 0 Å². The molecule has 0 atom stereocenters. The standard InChI is InChI=1S/C27H25N5O2/c33-25(21-7-8-21)31-14-17(15-31)16-32-24(30-27(11-12-27)26(32)34)20-5-3-18(4-6-20)22-10-9-19-2-1-13-28-23(19)29-22/h1-6,9-10,13,17,21H,7-8,11-12,14-16H2. The SMILES string of the molecule is O=C(C1CC1)N1CC(CN2C(=O)C3(CC3)N=C2c2ccc(-c3ccc4cccnc4n3)cc2)C1. The van der Waals surface area contributed by atoms with Crippen LogP contribution >= 0.6 is 0 Å². The summed E-state index contributed by atoms with van der Waals surface area (Å²) in [5.41, 5.74) is 3.01. The Morgan fingerprint density at radius 2 is 1.76 bits per heavy atom. The van der Waals surface area contributed by atoms with Crippen molar-refractivity contribution >= 4 is 28.7 Å². The summed E-state index contributed by atoms with van der Waals surface area (Å²) in [7, 11) is 0. The Kier molecular flexibility index (Phi) is 4.19. The Morgan fingerprint density at radius 1 is 1.00 bits per heavy atom. The Bertz CT molecular complexity index is 1350. The van der Waals surface area contributed by atoms with Crippen molar-refractivity contribution in [1.29, 1.82) is 0 Å². The lowest BCUT2D eigenvalue weighted by atomic mass is 9.98. The molecule has 2 aliphatic heterocycles. The number of carbonyl (C=O) groups is 2. The number of amides is 2. The number of rotatable bonds is 5. The predicted octanol–water partition coefficient (Wildman–Crippen LogP) is 3.29. The third-order valence-corrected chi connectivity index (χ3v) is 7.48. The number of benzene rings is 1. The van der Waals surface area contributed by atoms with Crippen LogP contribution in [0.2, 0.25) is 0 Å². The fourth-order valence-electron chi connectivity index (χ4n) is 5.11. The fourth-order valence-corrected chi connectivity index (χ4v) is 5.11. The molecule has 3 fully saturated rings. The molecule has 170 valence electrons. The van der Waals surface area contributed by atoms with Crippen LogP contribution in [0.15, 0.2) is 59.7 Å². The largest absolute Gasteiger partial charge is 0.342 e. The molecule has 4 heterocycles. The minimum Gasteiger partial charge on any atom is -0.342 e. The predicted molar refractivity (Wildman–Crippen MR) is 128 cm³/mol. The summed E-state index contributed by atoms with van der Waals surface area (Å²) in [6.45, 7) is 2.13. The van der Waals surface area contributed by atoms with E-state index in [9.17, 15) is 9.59 Å². The van der Waals surface area contributed by atoms with Crippen LogP contribution in [0.1, 0.15) is 31.2 Å². The third kappa shape index (κ3) is 3.22. The van der Waals surface area contributed by atoms with Gasteiger partial charge in [0.1, 0.15) is 11.4 Å². The molecule has 0 radical (unpaired) electrons. The second-order valence-electron chi connectivity index (χ2n) is 10.1. The first kappa shape index (κ1) is 19.8. The van der Waals surface area contributed by atoms with E-state index >= 15 is 0 Å². The zero-order chi connectivity index (χ0) is 22.9. The van der Waals surface area contributed by atoms with Gasteiger partial charge in [-0.15, -0.1) is 0 Å². The molecule has 0 N–H and O–H groups in total. The number of amidine groups is 1. The first-order valence-corrected chi connectivity index (χ1v) is 12.1. The first-order valence-electron chi connectivity index (χ1n) is 12.1. The summed E-state index contributed by atoms with van der Waals surface area (Å²) >= 11 is 0. The van der Waals surface area contributed by atoms with Crippen molar-refractivity contribution in [3.63, 3.8) is 0 Å². The average Bonchev–Trinajstić information content (AvgIpc) is 3.76. The highest BCUT2D eigenvalue weighted by atomic mass is 16.2. The van der Waals surface area contributed by atoms with Crippen molar-refractivity contribution in [2.24, 2.45) is 16.8 Å². The molecule has 7 rings (SSSR count). The smallest absolute Gasteiger partial charge is 0.256 e. The second-order valence-corrected chi connectivity index (χ2v) is 10.1. The van der Waals surface area contributed by atoms with Gasteiger partial charge >= 0.3 is 0 Å². The molecule has 7 heteroatoms. The molecule has 3 aromatic rings. The van der Waals surface area contributed by atoms with E-state index in [1.165, 1.54) is 0 Å². The molecule has 1 spiro atoms. The summed E-state index contributed by atoms with van der Waals surface area (Å²) < 4.78 is 0. The van der Waals surface area contributed by atoms with Crippen molar-refractivity contribution < 1.29 is 9.59 Å². The van der Waals surface area contributed by atoms with E-state index in [4.69, 9.17) is 9.98 Å².